The van der Waals surface area contributed by atoms with Gasteiger partial charge < -0.3 is 9.47 Å². The lowest BCUT2D eigenvalue weighted by Gasteiger charge is -2.20. The van der Waals surface area contributed by atoms with Crippen LogP contribution in [0.25, 0.3) is 0 Å². The van der Waals surface area contributed by atoms with Crippen LogP contribution in [0.4, 0.5) is 10.5 Å². The van der Waals surface area contributed by atoms with Gasteiger partial charge >= 0.3 is 6.09 Å². The smallest absolute Gasteiger partial charge is 0.425 e. The highest BCUT2D eigenvalue weighted by Crippen LogP contribution is 2.34. The quantitative estimate of drug-likeness (QED) is 0.654. The molecule has 1 aromatic rings. The van der Waals surface area contributed by atoms with Gasteiger partial charge in [-0.15, -0.1) is 6.58 Å². The highest BCUT2D eigenvalue weighted by Gasteiger charge is 2.16. The number of hydrazine groups is 1. The van der Waals surface area contributed by atoms with E-state index >= 15 is 0 Å². The van der Waals surface area contributed by atoms with E-state index in [1.165, 1.54) is 0 Å². The molecule has 1 heterocycles. The monoisotopic (exact) mass is 275 g/mol. The maximum Gasteiger partial charge on any atom is 0.425 e. The summed E-state index contributed by atoms with van der Waals surface area (Å²) in [6.07, 6.45) is 1.99. The van der Waals surface area contributed by atoms with E-state index in [0.717, 1.165) is 23.4 Å². The molecule has 0 saturated heterocycles. The average molecular weight is 275 g/mol. The molecule has 0 unspecified atom stereocenters. The number of para-hydroxylation sites is 1. The second-order valence-corrected chi connectivity index (χ2v) is 4.08. The van der Waals surface area contributed by atoms with Crippen LogP contribution in [0.2, 0.25) is 0 Å². The lowest BCUT2D eigenvalue weighted by molar-refractivity contribution is 0.149. The van der Waals surface area contributed by atoms with Gasteiger partial charge in [-0.3, -0.25) is 5.43 Å². The van der Waals surface area contributed by atoms with Gasteiger partial charge in [-0.1, -0.05) is 18.2 Å². The normalized spacial score (nSPS) is 12.6. The summed E-state index contributed by atoms with van der Waals surface area (Å²) in [6.45, 7) is 6.02. The Bertz CT molecular complexity index is 540. The van der Waals surface area contributed by atoms with E-state index in [2.05, 4.69) is 22.4 Å². The first-order chi connectivity index (χ1) is 9.74. The number of ether oxygens (including phenoxy) is 2. The molecule has 0 spiro atoms. The molecule has 20 heavy (non-hydrogen) atoms. The van der Waals surface area contributed by atoms with Crippen LogP contribution in [0, 0.1) is 0 Å². The van der Waals surface area contributed by atoms with Crippen molar-refractivity contribution in [1.82, 2.24) is 10.9 Å². The Labute approximate surface area is 117 Å². The van der Waals surface area contributed by atoms with Crippen molar-refractivity contribution in [3.8, 4) is 5.75 Å². The molecule has 0 aliphatic carbocycles. The lowest BCUT2D eigenvalue weighted by Crippen LogP contribution is -2.44. The first-order valence-corrected chi connectivity index (χ1v) is 6.36. The zero-order chi connectivity index (χ0) is 14.4. The maximum absolute atomic E-state index is 11.2. The molecule has 0 atom stereocenters. The van der Waals surface area contributed by atoms with Crippen molar-refractivity contribution in [2.75, 3.05) is 13.2 Å². The predicted octanol–water partition coefficient (Wildman–Crippen LogP) is 2.09. The number of nitrogens with zero attached hydrogens (tertiary/aromatic N) is 1. The van der Waals surface area contributed by atoms with Crippen LogP contribution in [0.5, 0.6) is 5.75 Å². The summed E-state index contributed by atoms with van der Waals surface area (Å²) in [4.78, 5) is 15.6. The van der Waals surface area contributed by atoms with Gasteiger partial charge in [0, 0.05) is 5.56 Å². The summed E-state index contributed by atoms with van der Waals surface area (Å²) >= 11 is 0. The third kappa shape index (κ3) is 3.28. The molecule has 1 aromatic carbocycles. The van der Waals surface area contributed by atoms with Gasteiger partial charge in [0.25, 0.3) is 0 Å². The second-order valence-electron chi connectivity index (χ2n) is 4.08. The maximum atomic E-state index is 11.2. The number of aliphatic imine (C=N–C) groups is 1. The lowest BCUT2D eigenvalue weighted by atomic mass is 10.1. The largest absolute Gasteiger partial charge is 0.483 e. The Morgan fingerprint density at radius 1 is 1.60 bits per heavy atom. The minimum atomic E-state index is -0.554. The molecule has 106 valence electrons. The summed E-state index contributed by atoms with van der Waals surface area (Å²) in [5, 5.41) is 0. The number of carbonyl (C=O) groups is 1. The summed E-state index contributed by atoms with van der Waals surface area (Å²) in [6, 6.07) is 5.74. The number of amidine groups is 1. The van der Waals surface area contributed by atoms with E-state index in [-0.39, 0.29) is 6.61 Å². The number of benzene rings is 1. The van der Waals surface area contributed by atoms with E-state index in [1.54, 1.807) is 6.92 Å². The van der Waals surface area contributed by atoms with Crippen molar-refractivity contribution in [3.63, 3.8) is 0 Å². The van der Waals surface area contributed by atoms with Crippen molar-refractivity contribution in [3.05, 3.63) is 36.4 Å². The molecule has 0 aromatic heterocycles. The Kier molecular flexibility index (Phi) is 4.60. The van der Waals surface area contributed by atoms with Crippen molar-refractivity contribution in [2.45, 2.75) is 13.3 Å². The summed E-state index contributed by atoms with van der Waals surface area (Å²) in [5.74, 6) is 1.27. The average Bonchev–Trinajstić information content (AvgIpc) is 2.46. The zero-order valence-electron chi connectivity index (χ0n) is 11.3. The van der Waals surface area contributed by atoms with Gasteiger partial charge in [-0.05, 0) is 19.4 Å². The van der Waals surface area contributed by atoms with Gasteiger partial charge in [0.2, 0.25) is 0 Å². The van der Waals surface area contributed by atoms with Gasteiger partial charge in [0.15, 0.2) is 5.84 Å². The molecule has 6 nitrogen and oxygen atoms in total. The first-order valence-electron chi connectivity index (χ1n) is 6.36. The van der Waals surface area contributed by atoms with Crippen LogP contribution in [0.1, 0.15) is 12.5 Å². The Balaban J connectivity index is 2.07. The number of nitrogens with one attached hydrogen (secondary N) is 2. The van der Waals surface area contributed by atoms with Crippen molar-refractivity contribution in [1.29, 1.82) is 0 Å². The van der Waals surface area contributed by atoms with Gasteiger partial charge in [-0.25, -0.2) is 15.2 Å². The molecular formula is C14H17N3O3. The highest BCUT2D eigenvalue weighted by molar-refractivity contribution is 5.90. The number of hydrogen-bond donors (Lipinski definition) is 2. The van der Waals surface area contributed by atoms with Crippen molar-refractivity contribution < 1.29 is 14.3 Å². The fraction of sp³-hybridized carbons (Fsp3) is 0.286. The molecule has 2 rings (SSSR count). The molecule has 0 bridgehead atoms. The SMILES string of the molecule is C=CCc1cccc2c1OCC(NNC(=O)OCC)=N2. The van der Waals surface area contributed by atoms with Gasteiger partial charge in [0.1, 0.15) is 18.0 Å². The summed E-state index contributed by atoms with van der Waals surface area (Å²) < 4.78 is 10.4. The number of hydrogen-bond acceptors (Lipinski definition) is 5. The number of rotatable bonds is 3. The Hall–Kier alpha value is -2.50. The van der Waals surface area contributed by atoms with E-state index < -0.39 is 6.09 Å². The molecule has 6 heteroatoms. The van der Waals surface area contributed by atoms with Crippen LogP contribution in [0.3, 0.4) is 0 Å². The first kappa shape index (κ1) is 13.9. The minimum absolute atomic E-state index is 0.258. The van der Waals surface area contributed by atoms with Crippen LogP contribution >= 0.6 is 0 Å². The standard InChI is InChI=1S/C14H17N3O3/c1-3-6-10-7-5-8-11-13(10)20-9-12(15-11)16-17-14(18)19-4-2/h3,5,7-8H,1,4,6,9H2,2H3,(H,15,16)(H,17,18). The third-order valence-corrected chi connectivity index (χ3v) is 2.63. The molecule has 0 fully saturated rings. The predicted molar refractivity (Wildman–Crippen MR) is 76.2 cm³/mol. The van der Waals surface area contributed by atoms with E-state index in [9.17, 15) is 4.79 Å². The fourth-order valence-corrected chi connectivity index (χ4v) is 1.81. The number of allylic oxidation sites excluding steroid dienone is 1. The summed E-state index contributed by atoms with van der Waals surface area (Å²) in [5.41, 5.74) is 6.83. The van der Waals surface area contributed by atoms with E-state index in [4.69, 9.17) is 9.47 Å². The van der Waals surface area contributed by atoms with Crippen LogP contribution in [-0.2, 0) is 11.2 Å². The molecule has 0 radical (unpaired) electrons. The Morgan fingerprint density at radius 2 is 2.45 bits per heavy atom. The van der Waals surface area contributed by atoms with E-state index in [1.807, 2.05) is 24.3 Å². The topological polar surface area (TPSA) is 72.0 Å². The second kappa shape index (κ2) is 6.60. The summed E-state index contributed by atoms with van der Waals surface area (Å²) in [7, 11) is 0. The van der Waals surface area contributed by atoms with Gasteiger partial charge in [-0.2, -0.15) is 0 Å². The molecule has 2 N–H and O–H groups in total. The highest BCUT2D eigenvalue weighted by atomic mass is 16.6. The van der Waals surface area contributed by atoms with Crippen molar-refractivity contribution in [2.24, 2.45) is 4.99 Å². The van der Waals surface area contributed by atoms with Crippen LogP contribution in [-0.4, -0.2) is 25.1 Å². The number of carbonyl (C=O) groups excluding carboxylic acids is 1. The minimum Gasteiger partial charge on any atom is -0.483 e. The van der Waals surface area contributed by atoms with Crippen LogP contribution < -0.4 is 15.6 Å². The van der Waals surface area contributed by atoms with E-state index in [0.29, 0.717) is 12.4 Å². The fourth-order valence-electron chi connectivity index (χ4n) is 1.81. The number of amides is 1. The Morgan fingerprint density at radius 3 is 3.20 bits per heavy atom. The zero-order valence-corrected chi connectivity index (χ0v) is 11.3. The molecule has 1 aliphatic heterocycles. The molecular weight excluding hydrogens is 258 g/mol. The molecule has 1 amide bonds. The molecule has 1 aliphatic rings. The van der Waals surface area contributed by atoms with Crippen LogP contribution in [0.15, 0.2) is 35.8 Å². The van der Waals surface area contributed by atoms with Crippen molar-refractivity contribution >= 4 is 17.6 Å². The molecule has 0 saturated carbocycles. The number of fused-ring (bicyclic) bond motifs is 1. The van der Waals surface area contributed by atoms with Gasteiger partial charge in [0.05, 0.1) is 6.61 Å². The third-order valence-electron chi connectivity index (χ3n) is 2.63.